The zero-order valence-corrected chi connectivity index (χ0v) is 16.9. The molecule has 0 aliphatic rings. The van der Waals surface area contributed by atoms with Gasteiger partial charge in [-0.15, -0.1) is 0 Å². The second-order valence-electron chi connectivity index (χ2n) is 5.81. The highest BCUT2D eigenvalue weighted by Gasteiger charge is 2.21. The number of nitrogens with one attached hydrogen (secondary N) is 1. The third kappa shape index (κ3) is 5.46. The molecule has 8 nitrogen and oxygen atoms in total. The molecular weight excluding hydrogens is 384 g/mol. The van der Waals surface area contributed by atoms with Crippen molar-refractivity contribution in [2.75, 3.05) is 13.7 Å². The number of hydrogen-bond donors (Lipinski definition) is 1. The van der Waals surface area contributed by atoms with Crippen LogP contribution in [0.2, 0.25) is 0 Å². The normalized spacial score (nSPS) is 11.3. The summed E-state index contributed by atoms with van der Waals surface area (Å²) in [4.78, 5) is 11.3. The number of carbonyl (C=O) groups is 1. The standard InChI is InChI=1S/C19H22N2O6S/c1-5-26-19(22)21-20-12-15-8-9-16(17(11-15)25-4)27-28(23,24)18-10-13(2)6-7-14(18)3/h6-12H,5H2,1-4H3,(H,21,22)/b20-12+. The van der Waals surface area contributed by atoms with Gasteiger partial charge < -0.3 is 13.7 Å². The van der Waals surface area contributed by atoms with Gasteiger partial charge in [0.05, 0.1) is 19.9 Å². The van der Waals surface area contributed by atoms with Crippen molar-refractivity contribution in [3.63, 3.8) is 0 Å². The Labute approximate surface area is 164 Å². The van der Waals surface area contributed by atoms with E-state index in [1.54, 1.807) is 39.0 Å². The molecule has 2 aromatic rings. The highest BCUT2D eigenvalue weighted by Crippen LogP contribution is 2.31. The molecule has 0 heterocycles. The van der Waals surface area contributed by atoms with Gasteiger partial charge in [0.25, 0.3) is 0 Å². The lowest BCUT2D eigenvalue weighted by Crippen LogP contribution is -2.18. The number of aryl methyl sites for hydroxylation is 2. The number of rotatable bonds is 7. The maximum absolute atomic E-state index is 12.7. The summed E-state index contributed by atoms with van der Waals surface area (Å²) in [6.07, 6.45) is 0.688. The zero-order chi connectivity index (χ0) is 20.7. The Kier molecular flexibility index (Phi) is 7.00. The molecule has 0 radical (unpaired) electrons. The minimum atomic E-state index is -4.03. The first-order chi connectivity index (χ1) is 13.3. The van der Waals surface area contributed by atoms with Crippen LogP contribution in [0, 0.1) is 13.8 Å². The molecule has 0 saturated heterocycles. The Balaban J connectivity index is 2.23. The molecule has 0 atom stereocenters. The molecule has 2 aromatic carbocycles. The second kappa shape index (κ2) is 9.23. The maximum Gasteiger partial charge on any atom is 0.427 e. The van der Waals surface area contributed by atoms with Crippen LogP contribution in [0.4, 0.5) is 4.79 Å². The first-order valence-electron chi connectivity index (χ1n) is 8.42. The fourth-order valence-electron chi connectivity index (χ4n) is 2.30. The van der Waals surface area contributed by atoms with Gasteiger partial charge in [-0.1, -0.05) is 12.1 Å². The van der Waals surface area contributed by atoms with Crippen LogP contribution in [-0.4, -0.2) is 34.4 Å². The van der Waals surface area contributed by atoms with E-state index in [-0.39, 0.29) is 23.0 Å². The third-order valence-electron chi connectivity index (χ3n) is 3.65. The Bertz CT molecular complexity index is 986. The number of benzene rings is 2. The fourth-order valence-corrected chi connectivity index (χ4v) is 3.55. The quantitative estimate of drug-likeness (QED) is 0.430. The van der Waals surface area contributed by atoms with Gasteiger partial charge in [-0.2, -0.15) is 13.5 Å². The summed E-state index contributed by atoms with van der Waals surface area (Å²) in [5.74, 6) is 0.243. The number of hydrogen-bond acceptors (Lipinski definition) is 7. The smallest absolute Gasteiger partial charge is 0.427 e. The number of hydrazone groups is 1. The largest absolute Gasteiger partial charge is 0.493 e. The maximum atomic E-state index is 12.7. The monoisotopic (exact) mass is 406 g/mol. The van der Waals surface area contributed by atoms with Crippen LogP contribution in [0.1, 0.15) is 23.6 Å². The first-order valence-corrected chi connectivity index (χ1v) is 9.83. The van der Waals surface area contributed by atoms with Crippen LogP contribution < -0.4 is 14.3 Å². The molecule has 1 amide bonds. The van der Waals surface area contributed by atoms with Crippen LogP contribution in [0.3, 0.4) is 0 Å². The topological polar surface area (TPSA) is 103 Å². The van der Waals surface area contributed by atoms with Crippen molar-refractivity contribution in [1.82, 2.24) is 5.43 Å². The lowest BCUT2D eigenvalue weighted by Gasteiger charge is -2.13. The molecule has 0 aliphatic carbocycles. The van der Waals surface area contributed by atoms with Gasteiger partial charge in [0.1, 0.15) is 4.90 Å². The fraction of sp³-hybridized carbons (Fsp3) is 0.263. The summed E-state index contributed by atoms with van der Waals surface area (Å²) in [6, 6.07) is 9.66. The Morgan fingerprint density at radius 2 is 1.89 bits per heavy atom. The number of carbonyl (C=O) groups excluding carboxylic acids is 1. The van der Waals surface area contributed by atoms with Crippen molar-refractivity contribution >= 4 is 22.4 Å². The molecule has 9 heteroatoms. The van der Waals surface area contributed by atoms with Gasteiger partial charge in [0, 0.05) is 0 Å². The van der Waals surface area contributed by atoms with E-state index in [1.807, 2.05) is 6.07 Å². The van der Waals surface area contributed by atoms with E-state index in [2.05, 4.69) is 15.3 Å². The van der Waals surface area contributed by atoms with Crippen LogP contribution in [0.15, 0.2) is 46.4 Å². The highest BCUT2D eigenvalue weighted by molar-refractivity contribution is 7.87. The minimum absolute atomic E-state index is 0.0407. The molecule has 0 spiro atoms. The molecular formula is C19H22N2O6S. The molecule has 0 fully saturated rings. The van der Waals surface area contributed by atoms with Crippen molar-refractivity contribution in [3.8, 4) is 11.5 Å². The highest BCUT2D eigenvalue weighted by atomic mass is 32.2. The average Bonchev–Trinajstić information content (AvgIpc) is 2.64. The van der Waals surface area contributed by atoms with Crippen molar-refractivity contribution in [2.24, 2.45) is 5.10 Å². The van der Waals surface area contributed by atoms with Gasteiger partial charge in [-0.3, -0.25) is 0 Å². The molecule has 28 heavy (non-hydrogen) atoms. The van der Waals surface area contributed by atoms with E-state index in [1.165, 1.54) is 25.5 Å². The van der Waals surface area contributed by atoms with E-state index in [0.717, 1.165) is 5.56 Å². The summed E-state index contributed by atoms with van der Waals surface area (Å²) in [5.41, 5.74) is 4.14. The van der Waals surface area contributed by atoms with Gasteiger partial charge >= 0.3 is 16.2 Å². The van der Waals surface area contributed by atoms with E-state index in [9.17, 15) is 13.2 Å². The van der Waals surface area contributed by atoms with Crippen LogP contribution in [0.5, 0.6) is 11.5 Å². The third-order valence-corrected chi connectivity index (χ3v) is 5.02. The van der Waals surface area contributed by atoms with Crippen molar-refractivity contribution in [1.29, 1.82) is 0 Å². The predicted octanol–water partition coefficient (Wildman–Crippen LogP) is 3.16. The van der Waals surface area contributed by atoms with Gasteiger partial charge in [0.15, 0.2) is 11.5 Å². The SMILES string of the molecule is CCOC(=O)N/N=C/c1ccc(OS(=O)(=O)c2cc(C)ccc2C)c(OC)c1. The van der Waals surface area contributed by atoms with Gasteiger partial charge in [-0.05, 0) is 61.7 Å². The molecule has 1 N–H and O–H groups in total. The molecule has 0 aliphatic heterocycles. The molecule has 150 valence electrons. The zero-order valence-electron chi connectivity index (χ0n) is 16.1. The Morgan fingerprint density at radius 3 is 2.57 bits per heavy atom. The van der Waals surface area contributed by atoms with Crippen LogP contribution in [0.25, 0.3) is 0 Å². The average molecular weight is 406 g/mol. The summed E-state index contributed by atoms with van der Waals surface area (Å²) in [7, 11) is -2.64. The lowest BCUT2D eigenvalue weighted by molar-refractivity contribution is 0.152. The minimum Gasteiger partial charge on any atom is -0.493 e. The molecule has 0 aromatic heterocycles. The molecule has 0 saturated carbocycles. The summed E-state index contributed by atoms with van der Waals surface area (Å²) in [6.45, 7) is 5.41. The molecule has 2 rings (SSSR count). The van der Waals surface area contributed by atoms with Crippen LogP contribution >= 0.6 is 0 Å². The predicted molar refractivity (Wildman–Crippen MR) is 104 cm³/mol. The van der Waals surface area contributed by atoms with Crippen molar-refractivity contribution < 1.29 is 26.9 Å². The number of ether oxygens (including phenoxy) is 2. The Hall–Kier alpha value is -3.07. The van der Waals surface area contributed by atoms with E-state index in [0.29, 0.717) is 11.1 Å². The van der Waals surface area contributed by atoms with E-state index < -0.39 is 16.2 Å². The summed E-state index contributed by atoms with van der Waals surface area (Å²) in [5, 5.41) is 3.74. The number of nitrogens with zero attached hydrogens (tertiary/aromatic N) is 1. The van der Waals surface area contributed by atoms with Crippen LogP contribution in [-0.2, 0) is 14.9 Å². The first kappa shape index (κ1) is 21.2. The van der Waals surface area contributed by atoms with Crippen molar-refractivity contribution in [2.45, 2.75) is 25.7 Å². The molecule has 0 unspecified atom stereocenters. The van der Waals surface area contributed by atoms with Gasteiger partial charge in [-0.25, -0.2) is 10.2 Å². The molecule has 0 bridgehead atoms. The van der Waals surface area contributed by atoms with E-state index in [4.69, 9.17) is 8.92 Å². The van der Waals surface area contributed by atoms with Gasteiger partial charge in [0.2, 0.25) is 0 Å². The second-order valence-corrected chi connectivity index (χ2v) is 7.32. The lowest BCUT2D eigenvalue weighted by atomic mass is 10.2. The number of amides is 1. The van der Waals surface area contributed by atoms with Crippen molar-refractivity contribution in [3.05, 3.63) is 53.1 Å². The number of methoxy groups -OCH3 is 1. The summed E-state index contributed by atoms with van der Waals surface area (Å²) >= 11 is 0. The van der Waals surface area contributed by atoms with E-state index >= 15 is 0 Å². The Morgan fingerprint density at radius 1 is 1.14 bits per heavy atom. The summed E-state index contributed by atoms with van der Waals surface area (Å²) < 4.78 is 40.5.